The van der Waals surface area contributed by atoms with Crippen molar-refractivity contribution < 1.29 is 35.3 Å². The van der Waals surface area contributed by atoms with Crippen molar-refractivity contribution in [2.45, 2.75) is 80.9 Å². The Labute approximate surface area is 248 Å². The number of fused-ring (bicyclic) bond motifs is 2. The molecule has 0 amide bonds. The van der Waals surface area contributed by atoms with Crippen LogP contribution in [0.2, 0.25) is 0 Å². The summed E-state index contributed by atoms with van der Waals surface area (Å²) in [5, 5.41) is 0. The molecule has 2 heterocycles. The van der Waals surface area contributed by atoms with E-state index in [1.165, 1.54) is 24.3 Å². The van der Waals surface area contributed by atoms with Gasteiger partial charge in [-0.25, -0.2) is 0 Å². The van der Waals surface area contributed by atoms with E-state index < -0.39 is 31.1 Å². The lowest BCUT2D eigenvalue weighted by Gasteiger charge is -2.27. The molecule has 0 unspecified atom stereocenters. The highest BCUT2D eigenvalue weighted by Gasteiger charge is 2.44. The molecule has 0 aliphatic carbocycles. The third-order valence-corrected chi connectivity index (χ3v) is 10.1. The summed E-state index contributed by atoms with van der Waals surface area (Å²) in [5.74, 6) is 0.166. The van der Waals surface area contributed by atoms with Crippen molar-refractivity contribution in [1.29, 1.82) is 0 Å². The maximum atomic E-state index is 11.9. The molecule has 2 aliphatic heterocycles. The lowest BCUT2D eigenvalue weighted by Crippen LogP contribution is -2.27. The van der Waals surface area contributed by atoms with Gasteiger partial charge in [-0.15, -0.1) is 0 Å². The molecule has 4 rings (SSSR count). The predicted molar refractivity (Wildman–Crippen MR) is 163 cm³/mol. The first-order valence-corrected chi connectivity index (χ1v) is 16.8. The van der Waals surface area contributed by atoms with Gasteiger partial charge in [-0.1, -0.05) is 26.3 Å². The van der Waals surface area contributed by atoms with Crippen molar-refractivity contribution in [2.24, 2.45) is 0 Å². The standard InChI is InChI=1S/C31H38N2O7S2/c1-21(34)11-8-7-9-18-33-27-17-15-23(42(38,39)40)20-25(27)31(4,5)29(33)13-10-12-28-30(2,3)24-19-22(41(35,36)37)14-16-26(24)32(28)6/h10,12-17,19-20H,7-9,11,18H2,1-6H3,(H-,35,36,37,38,39,40)/p+1. The zero-order valence-corrected chi connectivity index (χ0v) is 26.5. The van der Waals surface area contributed by atoms with Gasteiger partial charge in [0.05, 0.1) is 15.2 Å². The number of unbranched alkanes of at least 4 members (excludes halogenated alkanes) is 2. The largest absolute Gasteiger partial charge is 0.344 e. The summed E-state index contributed by atoms with van der Waals surface area (Å²) in [6.45, 7) is 10.3. The van der Waals surface area contributed by atoms with E-state index in [1.54, 1.807) is 19.1 Å². The highest BCUT2D eigenvalue weighted by atomic mass is 32.2. The molecule has 226 valence electrons. The lowest BCUT2D eigenvalue weighted by molar-refractivity contribution is -0.401. The molecule has 11 heteroatoms. The molecule has 0 saturated heterocycles. The third-order valence-electron chi connectivity index (χ3n) is 8.38. The highest BCUT2D eigenvalue weighted by molar-refractivity contribution is 7.86. The van der Waals surface area contributed by atoms with E-state index >= 15 is 0 Å². The molecule has 0 spiro atoms. The van der Waals surface area contributed by atoms with Crippen LogP contribution in [-0.2, 0) is 35.9 Å². The van der Waals surface area contributed by atoms with Crippen LogP contribution in [0.25, 0.3) is 0 Å². The van der Waals surface area contributed by atoms with Gasteiger partial charge in [0, 0.05) is 47.5 Å². The molecule has 0 bridgehead atoms. The van der Waals surface area contributed by atoms with Crippen LogP contribution in [0.4, 0.5) is 11.4 Å². The number of carbonyl (C=O) groups excluding carboxylic acids is 1. The summed E-state index contributed by atoms with van der Waals surface area (Å²) in [4.78, 5) is 13.2. The minimum Gasteiger partial charge on any atom is -0.344 e. The van der Waals surface area contributed by atoms with E-state index in [2.05, 4.69) is 4.90 Å². The fourth-order valence-electron chi connectivity index (χ4n) is 6.08. The number of carbonyl (C=O) groups is 1. The Morgan fingerprint density at radius 3 is 2.07 bits per heavy atom. The van der Waals surface area contributed by atoms with Crippen LogP contribution < -0.4 is 4.90 Å². The van der Waals surface area contributed by atoms with Crippen molar-refractivity contribution in [1.82, 2.24) is 0 Å². The quantitative estimate of drug-likeness (QED) is 0.201. The molecule has 2 N–H and O–H groups in total. The minimum absolute atomic E-state index is 0.149. The molecule has 0 aromatic heterocycles. The third kappa shape index (κ3) is 6.01. The molecule has 0 atom stereocenters. The number of allylic oxidation sites excluding steroid dienone is 4. The molecule has 0 saturated carbocycles. The fourth-order valence-corrected chi connectivity index (χ4v) is 7.10. The van der Waals surface area contributed by atoms with Crippen molar-refractivity contribution in [3.63, 3.8) is 0 Å². The molecule has 42 heavy (non-hydrogen) atoms. The Morgan fingerprint density at radius 2 is 1.48 bits per heavy atom. The second kappa shape index (κ2) is 11.2. The molecule has 0 radical (unpaired) electrons. The number of anilines is 1. The van der Waals surface area contributed by atoms with E-state index in [0.717, 1.165) is 53.2 Å². The molecule has 2 aliphatic rings. The molecular formula is C31H39N2O7S2+. The van der Waals surface area contributed by atoms with Crippen LogP contribution in [0.15, 0.2) is 70.1 Å². The van der Waals surface area contributed by atoms with Gasteiger partial charge >= 0.3 is 0 Å². The monoisotopic (exact) mass is 615 g/mol. The average Bonchev–Trinajstić information content (AvgIpc) is 3.21. The van der Waals surface area contributed by atoms with Crippen LogP contribution in [0.5, 0.6) is 0 Å². The van der Waals surface area contributed by atoms with Gasteiger partial charge in [-0.05, 0) is 75.6 Å². The average molecular weight is 616 g/mol. The Balaban J connectivity index is 1.71. The minimum atomic E-state index is -4.37. The normalized spacial score (nSPS) is 18.7. The van der Waals surface area contributed by atoms with Gasteiger partial charge in [0.1, 0.15) is 12.8 Å². The van der Waals surface area contributed by atoms with Crippen molar-refractivity contribution in [3.8, 4) is 0 Å². The van der Waals surface area contributed by atoms with Gasteiger partial charge < -0.3 is 9.69 Å². The van der Waals surface area contributed by atoms with E-state index in [4.69, 9.17) is 0 Å². The first-order chi connectivity index (χ1) is 19.4. The first kappa shape index (κ1) is 31.8. The summed E-state index contributed by atoms with van der Waals surface area (Å²) in [5.41, 5.74) is 4.05. The SMILES string of the molecule is CC(=O)CCCCCN1/C(=C/C=C/C2=[N+](C)c3ccc(S(=O)(=O)O)cc3C2(C)C)C(C)(C)c2cc(S(=O)(=O)O)ccc21. The van der Waals surface area contributed by atoms with E-state index in [9.17, 15) is 30.7 Å². The predicted octanol–water partition coefficient (Wildman–Crippen LogP) is 5.57. The maximum Gasteiger partial charge on any atom is 0.294 e. The number of ketones is 1. The number of hydrogen-bond acceptors (Lipinski definition) is 6. The van der Waals surface area contributed by atoms with Crippen LogP contribution in [0, 0.1) is 0 Å². The van der Waals surface area contributed by atoms with Crippen LogP contribution in [0.3, 0.4) is 0 Å². The van der Waals surface area contributed by atoms with Gasteiger partial charge in [0.15, 0.2) is 5.71 Å². The zero-order chi connectivity index (χ0) is 31.3. The van der Waals surface area contributed by atoms with E-state index in [1.807, 2.05) is 57.5 Å². The Bertz CT molecular complexity index is 1750. The summed E-state index contributed by atoms with van der Waals surface area (Å²) in [6.07, 6.45) is 8.99. The smallest absolute Gasteiger partial charge is 0.294 e. The van der Waals surface area contributed by atoms with Gasteiger partial charge in [-0.2, -0.15) is 21.4 Å². The Morgan fingerprint density at radius 1 is 0.881 bits per heavy atom. The summed E-state index contributed by atoms with van der Waals surface area (Å²) in [6, 6.07) is 9.27. The van der Waals surface area contributed by atoms with Gasteiger partial charge in [0.25, 0.3) is 20.2 Å². The van der Waals surface area contributed by atoms with Crippen molar-refractivity contribution in [3.05, 3.63) is 71.5 Å². The number of nitrogens with zero attached hydrogens (tertiary/aromatic N) is 2. The molecule has 9 nitrogen and oxygen atoms in total. The number of benzene rings is 2. The van der Waals surface area contributed by atoms with Gasteiger partial charge in [-0.3, -0.25) is 9.11 Å². The zero-order valence-electron chi connectivity index (χ0n) is 24.9. The second-order valence-corrected chi connectivity index (χ2v) is 14.9. The van der Waals surface area contributed by atoms with Crippen LogP contribution in [0.1, 0.15) is 71.4 Å². The second-order valence-electron chi connectivity index (χ2n) is 12.1. The number of hydrogen-bond donors (Lipinski definition) is 2. The molecule has 0 fully saturated rings. The number of rotatable bonds is 10. The Hall–Kier alpha value is -3.12. The summed E-state index contributed by atoms with van der Waals surface area (Å²) < 4.78 is 68.7. The van der Waals surface area contributed by atoms with Crippen LogP contribution in [-0.4, -0.2) is 55.6 Å². The highest BCUT2D eigenvalue weighted by Crippen LogP contribution is 2.48. The fraction of sp³-hybridized carbons (Fsp3) is 0.419. The Kier molecular flexibility index (Phi) is 8.47. The topological polar surface area (TPSA) is 132 Å². The summed E-state index contributed by atoms with van der Waals surface area (Å²) >= 11 is 0. The number of Topliss-reactive ketones (excluding diaryl/α,β-unsaturated/α-hetero) is 1. The molecule has 2 aromatic rings. The van der Waals surface area contributed by atoms with Crippen molar-refractivity contribution in [2.75, 3.05) is 18.5 Å². The maximum absolute atomic E-state index is 11.9. The summed E-state index contributed by atoms with van der Waals surface area (Å²) in [7, 11) is -6.81. The van der Waals surface area contributed by atoms with E-state index in [-0.39, 0.29) is 15.6 Å². The lowest BCUT2D eigenvalue weighted by atomic mass is 9.81. The van der Waals surface area contributed by atoms with Crippen LogP contribution >= 0.6 is 0 Å². The molecular weight excluding hydrogens is 576 g/mol. The van der Waals surface area contributed by atoms with E-state index in [0.29, 0.717) is 13.0 Å². The first-order valence-electron chi connectivity index (χ1n) is 13.9. The van der Waals surface area contributed by atoms with Gasteiger partial charge in [0.2, 0.25) is 5.69 Å². The van der Waals surface area contributed by atoms with Crippen molar-refractivity contribution >= 4 is 43.1 Å². The molecule has 2 aromatic carbocycles.